The Bertz CT molecular complexity index is 409. The Morgan fingerprint density at radius 3 is 2.83 bits per heavy atom. The molecule has 1 amide bonds. The van der Waals surface area contributed by atoms with E-state index < -0.39 is 0 Å². The third-order valence-corrected chi connectivity index (χ3v) is 2.87. The first-order valence-corrected chi connectivity index (χ1v) is 6.35. The van der Waals surface area contributed by atoms with E-state index in [0.717, 1.165) is 18.5 Å². The number of aryl methyl sites for hydroxylation is 1. The molecule has 0 saturated heterocycles. The highest BCUT2D eigenvalue weighted by atomic mass is 35.5. The number of likely N-dealkylation sites (N-methyl/N-ethyl adjacent to an activating group) is 1. The van der Waals surface area contributed by atoms with Gasteiger partial charge in [-0.1, -0.05) is 17.7 Å². The van der Waals surface area contributed by atoms with Crippen LogP contribution in [0, 0.1) is 6.92 Å². The van der Waals surface area contributed by atoms with Gasteiger partial charge in [0.05, 0.1) is 17.3 Å². The van der Waals surface area contributed by atoms with Gasteiger partial charge in [0.15, 0.2) is 0 Å². The van der Waals surface area contributed by atoms with Gasteiger partial charge >= 0.3 is 0 Å². The van der Waals surface area contributed by atoms with E-state index in [1.54, 1.807) is 0 Å². The van der Waals surface area contributed by atoms with Gasteiger partial charge in [-0.05, 0) is 51.2 Å². The summed E-state index contributed by atoms with van der Waals surface area (Å²) in [5, 5.41) is 3.36. The van der Waals surface area contributed by atoms with Crippen LogP contribution in [0.1, 0.15) is 12.0 Å². The van der Waals surface area contributed by atoms with Gasteiger partial charge in [-0.25, -0.2) is 0 Å². The number of amides is 1. The van der Waals surface area contributed by atoms with Crippen molar-refractivity contribution in [3.05, 3.63) is 28.8 Å². The van der Waals surface area contributed by atoms with Gasteiger partial charge in [-0.2, -0.15) is 0 Å². The summed E-state index contributed by atoms with van der Waals surface area (Å²) >= 11 is 6.05. The van der Waals surface area contributed by atoms with Gasteiger partial charge in [0.25, 0.3) is 0 Å². The molecule has 1 rings (SSSR count). The fourth-order valence-corrected chi connectivity index (χ4v) is 1.88. The van der Waals surface area contributed by atoms with Crippen LogP contribution in [0.2, 0.25) is 5.02 Å². The molecule has 0 atom stereocenters. The van der Waals surface area contributed by atoms with Crippen LogP contribution in [0.3, 0.4) is 0 Å². The number of hydrogen-bond acceptors (Lipinski definition) is 3. The molecule has 0 aromatic heterocycles. The first-order valence-electron chi connectivity index (χ1n) is 5.97. The van der Waals surface area contributed by atoms with Crippen LogP contribution in [-0.4, -0.2) is 37.5 Å². The predicted molar refractivity (Wildman–Crippen MR) is 76.0 cm³/mol. The van der Waals surface area contributed by atoms with Crippen LogP contribution in [0.15, 0.2) is 18.2 Å². The third kappa shape index (κ3) is 5.04. The smallest absolute Gasteiger partial charge is 0.238 e. The second-order valence-corrected chi connectivity index (χ2v) is 4.82. The van der Waals surface area contributed by atoms with Crippen LogP contribution in [0.4, 0.5) is 5.69 Å². The Kier molecular flexibility index (Phi) is 6.12. The highest BCUT2D eigenvalue weighted by molar-refractivity contribution is 6.33. The van der Waals surface area contributed by atoms with E-state index in [4.69, 9.17) is 17.3 Å². The molecule has 0 fully saturated rings. The molecule has 0 saturated carbocycles. The van der Waals surface area contributed by atoms with Crippen molar-refractivity contribution in [2.24, 2.45) is 5.73 Å². The minimum absolute atomic E-state index is 0.0692. The summed E-state index contributed by atoms with van der Waals surface area (Å²) in [5.41, 5.74) is 7.14. The molecule has 0 aliphatic heterocycles. The van der Waals surface area contributed by atoms with Crippen molar-refractivity contribution in [1.29, 1.82) is 0 Å². The molecule has 0 heterocycles. The average Bonchev–Trinajstić information content (AvgIpc) is 2.30. The highest BCUT2D eigenvalue weighted by Crippen LogP contribution is 2.22. The molecular weight excluding hydrogens is 250 g/mol. The van der Waals surface area contributed by atoms with Gasteiger partial charge in [0.1, 0.15) is 0 Å². The molecule has 0 spiro atoms. The summed E-state index contributed by atoms with van der Waals surface area (Å²) in [7, 11) is 1.89. The lowest BCUT2D eigenvalue weighted by Crippen LogP contribution is -2.31. The number of rotatable bonds is 6. The summed E-state index contributed by atoms with van der Waals surface area (Å²) < 4.78 is 0. The van der Waals surface area contributed by atoms with Crippen LogP contribution in [0.25, 0.3) is 0 Å². The molecule has 3 N–H and O–H groups in total. The summed E-state index contributed by atoms with van der Waals surface area (Å²) in [6.45, 7) is 3.74. The molecule has 0 aliphatic carbocycles. The molecule has 0 bridgehead atoms. The van der Waals surface area contributed by atoms with Gasteiger partial charge in [-0.15, -0.1) is 0 Å². The molecule has 0 unspecified atom stereocenters. The molecule has 0 aliphatic rings. The fourth-order valence-electron chi connectivity index (χ4n) is 1.60. The standard InChI is InChI=1S/C13H20ClN3O/c1-10-4-5-12(11(14)8-10)16-13(18)9-17(2)7-3-6-15/h4-5,8H,3,6-7,9,15H2,1-2H3,(H,16,18). The predicted octanol–water partition coefficient (Wildman–Crippen LogP) is 1.87. The molecule has 100 valence electrons. The second-order valence-electron chi connectivity index (χ2n) is 4.41. The lowest BCUT2D eigenvalue weighted by atomic mass is 10.2. The Labute approximate surface area is 113 Å². The van der Waals surface area contributed by atoms with Crippen molar-refractivity contribution < 1.29 is 4.79 Å². The quantitative estimate of drug-likeness (QED) is 0.829. The Morgan fingerprint density at radius 2 is 2.22 bits per heavy atom. The third-order valence-electron chi connectivity index (χ3n) is 2.56. The van der Waals surface area contributed by atoms with E-state index in [9.17, 15) is 4.79 Å². The van der Waals surface area contributed by atoms with Crippen molar-refractivity contribution in [2.45, 2.75) is 13.3 Å². The number of hydrogen-bond donors (Lipinski definition) is 2. The van der Waals surface area contributed by atoms with Crippen molar-refractivity contribution >= 4 is 23.2 Å². The first kappa shape index (κ1) is 15.0. The Morgan fingerprint density at radius 1 is 1.50 bits per heavy atom. The number of nitrogens with one attached hydrogen (secondary N) is 1. The van der Waals surface area contributed by atoms with Crippen molar-refractivity contribution in [3.8, 4) is 0 Å². The largest absolute Gasteiger partial charge is 0.330 e. The summed E-state index contributed by atoms with van der Waals surface area (Å²) in [4.78, 5) is 13.7. The number of carbonyl (C=O) groups is 1. The van der Waals surface area contributed by atoms with Crippen LogP contribution in [-0.2, 0) is 4.79 Å². The fraction of sp³-hybridized carbons (Fsp3) is 0.462. The zero-order valence-electron chi connectivity index (χ0n) is 10.9. The van der Waals surface area contributed by atoms with Gasteiger partial charge in [0, 0.05) is 0 Å². The van der Waals surface area contributed by atoms with Crippen molar-refractivity contribution in [1.82, 2.24) is 4.90 Å². The number of nitrogens with two attached hydrogens (primary N) is 1. The molecule has 1 aromatic carbocycles. The number of benzene rings is 1. The van der Waals surface area contributed by atoms with E-state index in [-0.39, 0.29) is 5.91 Å². The maximum absolute atomic E-state index is 11.8. The SMILES string of the molecule is Cc1ccc(NC(=O)CN(C)CCCN)c(Cl)c1. The van der Waals surface area contributed by atoms with Gasteiger partial charge in [-0.3, -0.25) is 9.69 Å². The van der Waals surface area contributed by atoms with Crippen LogP contribution in [0.5, 0.6) is 0 Å². The molecule has 0 radical (unpaired) electrons. The average molecular weight is 270 g/mol. The minimum Gasteiger partial charge on any atom is -0.330 e. The van der Waals surface area contributed by atoms with Gasteiger partial charge in [0.2, 0.25) is 5.91 Å². The van der Waals surface area contributed by atoms with Crippen molar-refractivity contribution in [2.75, 3.05) is 32.0 Å². The summed E-state index contributed by atoms with van der Waals surface area (Å²) in [6.07, 6.45) is 0.884. The van der Waals surface area contributed by atoms with Crippen LogP contribution >= 0.6 is 11.6 Å². The monoisotopic (exact) mass is 269 g/mol. The van der Waals surface area contributed by atoms with E-state index in [2.05, 4.69) is 5.32 Å². The Hall–Kier alpha value is -1.10. The lowest BCUT2D eigenvalue weighted by molar-refractivity contribution is -0.117. The zero-order chi connectivity index (χ0) is 13.5. The molecular formula is C13H20ClN3O. The molecule has 5 heteroatoms. The van der Waals surface area contributed by atoms with Crippen LogP contribution < -0.4 is 11.1 Å². The number of halogens is 1. The van der Waals surface area contributed by atoms with Gasteiger partial charge < -0.3 is 11.1 Å². The Balaban J connectivity index is 2.49. The zero-order valence-corrected chi connectivity index (χ0v) is 11.6. The normalized spacial score (nSPS) is 10.7. The molecule has 4 nitrogen and oxygen atoms in total. The lowest BCUT2D eigenvalue weighted by Gasteiger charge is -2.16. The molecule has 1 aromatic rings. The topological polar surface area (TPSA) is 58.4 Å². The maximum atomic E-state index is 11.8. The second kappa shape index (κ2) is 7.36. The number of anilines is 1. The summed E-state index contributed by atoms with van der Waals surface area (Å²) in [6, 6.07) is 5.56. The van der Waals surface area contributed by atoms with E-state index in [1.165, 1.54) is 0 Å². The number of carbonyl (C=O) groups excluding carboxylic acids is 1. The highest BCUT2D eigenvalue weighted by Gasteiger charge is 2.08. The van der Waals surface area contributed by atoms with E-state index in [1.807, 2.05) is 37.1 Å². The molecule has 18 heavy (non-hydrogen) atoms. The van der Waals surface area contributed by atoms with E-state index >= 15 is 0 Å². The first-order chi connectivity index (χ1) is 8.52. The maximum Gasteiger partial charge on any atom is 0.238 e. The number of nitrogens with zero attached hydrogens (tertiary/aromatic N) is 1. The minimum atomic E-state index is -0.0692. The van der Waals surface area contributed by atoms with Crippen molar-refractivity contribution in [3.63, 3.8) is 0 Å². The van der Waals surface area contributed by atoms with E-state index in [0.29, 0.717) is 23.8 Å². The summed E-state index contributed by atoms with van der Waals surface area (Å²) in [5.74, 6) is -0.0692.